The number of fused-ring (bicyclic) bond motifs is 2. The molecule has 2 aliphatic rings. The van der Waals surface area contributed by atoms with Crippen molar-refractivity contribution < 1.29 is 10.1 Å². The normalized spacial score (nSPS) is 21.1. The minimum atomic E-state index is 0.242. The van der Waals surface area contributed by atoms with Gasteiger partial charge < -0.3 is 0 Å². The number of rotatable bonds is 3. The lowest BCUT2D eigenvalue weighted by molar-refractivity contribution is -0.253. The monoisotopic (exact) mass is 362 g/mol. The highest BCUT2D eigenvalue weighted by molar-refractivity contribution is 5.85. The van der Waals surface area contributed by atoms with Gasteiger partial charge in [0.15, 0.2) is 0 Å². The zero-order chi connectivity index (χ0) is 19.2. The van der Waals surface area contributed by atoms with Crippen LogP contribution in [0.4, 0.5) is 0 Å². The van der Waals surface area contributed by atoms with E-state index in [-0.39, 0.29) is 17.4 Å². The van der Waals surface area contributed by atoms with Gasteiger partial charge in [-0.1, -0.05) is 70.2 Å². The van der Waals surface area contributed by atoms with Crippen molar-refractivity contribution in [2.75, 3.05) is 0 Å². The van der Waals surface area contributed by atoms with Crippen LogP contribution in [0.3, 0.4) is 0 Å². The van der Waals surface area contributed by atoms with Crippen molar-refractivity contribution in [2.24, 2.45) is 0 Å². The summed E-state index contributed by atoms with van der Waals surface area (Å²) in [4.78, 5) is 4.28. The summed E-state index contributed by atoms with van der Waals surface area (Å²) in [5, 5.41) is 8.68. The predicted octanol–water partition coefficient (Wildman–Crippen LogP) is 6.51. The molecule has 0 saturated heterocycles. The Balaban J connectivity index is 1.71. The van der Waals surface area contributed by atoms with Crippen LogP contribution in [0.15, 0.2) is 36.4 Å². The van der Waals surface area contributed by atoms with Gasteiger partial charge in [0.1, 0.15) is 6.61 Å². The Kier molecular flexibility index (Phi) is 4.52. The minimum absolute atomic E-state index is 0.242. The molecule has 2 aliphatic carbocycles. The molecule has 2 heteroatoms. The highest BCUT2D eigenvalue weighted by atomic mass is 17.1. The third-order valence-corrected chi connectivity index (χ3v) is 6.63. The molecule has 0 fully saturated rings. The Labute approximate surface area is 162 Å². The van der Waals surface area contributed by atoms with Crippen molar-refractivity contribution in [3.8, 4) is 0 Å². The first kappa shape index (κ1) is 18.5. The molecule has 0 aliphatic heterocycles. The second kappa shape index (κ2) is 6.61. The minimum Gasteiger partial charge on any atom is -0.251 e. The first-order chi connectivity index (χ1) is 12.8. The average molecular weight is 363 g/mol. The summed E-state index contributed by atoms with van der Waals surface area (Å²) in [5.41, 5.74) is 9.98. The fourth-order valence-corrected chi connectivity index (χ4v) is 4.78. The van der Waals surface area contributed by atoms with Crippen LogP contribution in [0.5, 0.6) is 0 Å². The molecule has 2 aromatic carbocycles. The van der Waals surface area contributed by atoms with E-state index in [9.17, 15) is 0 Å². The standard InChI is InChI=1S/C25H30O2/c1-24(2)11-12-25(3,4)23-15-17(6-10-22(23)24)13-19-7-8-20-14-18(16-27-26)5-9-21(19)20/h5-6,9-10,13-15,26H,7-8,11-12,16H2,1-4H3. The molecule has 2 aromatic rings. The van der Waals surface area contributed by atoms with E-state index in [1.807, 2.05) is 6.07 Å². The van der Waals surface area contributed by atoms with Gasteiger partial charge in [-0.25, -0.2) is 4.89 Å². The third kappa shape index (κ3) is 3.37. The van der Waals surface area contributed by atoms with Gasteiger partial charge >= 0.3 is 0 Å². The molecule has 0 radical (unpaired) electrons. The van der Waals surface area contributed by atoms with Gasteiger partial charge in [0, 0.05) is 0 Å². The molecule has 1 N–H and O–H groups in total. The van der Waals surface area contributed by atoms with E-state index < -0.39 is 0 Å². The van der Waals surface area contributed by atoms with Gasteiger partial charge in [0.05, 0.1) is 0 Å². The number of allylic oxidation sites excluding steroid dienone is 1. The lowest BCUT2D eigenvalue weighted by atomic mass is 9.63. The maximum absolute atomic E-state index is 8.68. The van der Waals surface area contributed by atoms with Crippen LogP contribution in [-0.4, -0.2) is 5.26 Å². The van der Waals surface area contributed by atoms with Gasteiger partial charge in [-0.3, -0.25) is 5.26 Å². The summed E-state index contributed by atoms with van der Waals surface area (Å²) < 4.78 is 0. The van der Waals surface area contributed by atoms with Crippen LogP contribution in [0.1, 0.15) is 80.3 Å². The number of aryl methyl sites for hydroxylation is 1. The summed E-state index contributed by atoms with van der Waals surface area (Å²) in [6.45, 7) is 9.77. The fraction of sp³-hybridized carbons (Fsp3) is 0.440. The molecule has 0 bridgehead atoms. The molecule has 0 unspecified atom stereocenters. The van der Waals surface area contributed by atoms with Crippen LogP contribution < -0.4 is 0 Å². The summed E-state index contributed by atoms with van der Waals surface area (Å²) in [6.07, 6.45) is 6.99. The molecule has 0 spiro atoms. The van der Waals surface area contributed by atoms with Crippen molar-refractivity contribution in [1.29, 1.82) is 0 Å². The molecular weight excluding hydrogens is 332 g/mol. The molecule has 4 rings (SSSR count). The van der Waals surface area contributed by atoms with E-state index in [2.05, 4.69) is 69.0 Å². The summed E-state index contributed by atoms with van der Waals surface area (Å²) in [7, 11) is 0. The predicted molar refractivity (Wildman–Crippen MR) is 112 cm³/mol. The summed E-state index contributed by atoms with van der Waals surface area (Å²) in [6, 6.07) is 13.5. The molecule has 2 nitrogen and oxygen atoms in total. The van der Waals surface area contributed by atoms with Gasteiger partial charge in [0.25, 0.3) is 0 Å². The Bertz CT molecular complexity index is 903. The maximum atomic E-state index is 8.68. The van der Waals surface area contributed by atoms with Gasteiger partial charge in [0.2, 0.25) is 0 Å². The fourth-order valence-electron chi connectivity index (χ4n) is 4.78. The molecular formula is C25H30O2. The van der Waals surface area contributed by atoms with Crippen molar-refractivity contribution >= 4 is 11.6 Å². The van der Waals surface area contributed by atoms with E-state index in [1.165, 1.54) is 46.2 Å². The average Bonchev–Trinajstić information content (AvgIpc) is 3.02. The smallest absolute Gasteiger partial charge is 0.107 e. The van der Waals surface area contributed by atoms with Crippen molar-refractivity contribution in [3.05, 3.63) is 69.8 Å². The highest BCUT2D eigenvalue weighted by Gasteiger charge is 2.36. The molecule has 142 valence electrons. The van der Waals surface area contributed by atoms with Crippen molar-refractivity contribution in [3.63, 3.8) is 0 Å². The van der Waals surface area contributed by atoms with E-state index >= 15 is 0 Å². The Morgan fingerprint density at radius 1 is 0.926 bits per heavy atom. The van der Waals surface area contributed by atoms with Crippen LogP contribution >= 0.6 is 0 Å². The van der Waals surface area contributed by atoms with Crippen LogP contribution in [-0.2, 0) is 28.7 Å². The molecule has 27 heavy (non-hydrogen) atoms. The zero-order valence-corrected chi connectivity index (χ0v) is 16.9. The second-order valence-electron chi connectivity index (χ2n) is 9.51. The van der Waals surface area contributed by atoms with Crippen molar-refractivity contribution in [1.82, 2.24) is 0 Å². The quantitative estimate of drug-likeness (QED) is 0.498. The topological polar surface area (TPSA) is 29.5 Å². The van der Waals surface area contributed by atoms with E-state index in [0.717, 1.165) is 18.4 Å². The maximum Gasteiger partial charge on any atom is 0.107 e. The first-order valence-corrected chi connectivity index (χ1v) is 10.0. The third-order valence-electron chi connectivity index (χ3n) is 6.63. The number of hydrogen-bond acceptors (Lipinski definition) is 2. The van der Waals surface area contributed by atoms with E-state index in [0.29, 0.717) is 0 Å². The molecule has 0 heterocycles. The zero-order valence-electron chi connectivity index (χ0n) is 16.9. The lowest BCUT2D eigenvalue weighted by Gasteiger charge is -2.42. The van der Waals surface area contributed by atoms with Gasteiger partial charge in [-0.05, 0) is 75.5 Å². The molecule has 0 atom stereocenters. The highest BCUT2D eigenvalue weighted by Crippen LogP contribution is 2.46. The Morgan fingerprint density at radius 2 is 1.67 bits per heavy atom. The van der Waals surface area contributed by atoms with Gasteiger partial charge in [-0.2, -0.15) is 0 Å². The SMILES string of the molecule is CC1(C)CCC(C)(C)c2cc(C=C3CCc4cc(COO)ccc43)ccc21. The largest absolute Gasteiger partial charge is 0.251 e. The second-order valence-corrected chi connectivity index (χ2v) is 9.51. The Hall–Kier alpha value is -1.90. The van der Waals surface area contributed by atoms with Crippen LogP contribution in [0.25, 0.3) is 11.6 Å². The summed E-state index contributed by atoms with van der Waals surface area (Å²) >= 11 is 0. The van der Waals surface area contributed by atoms with Crippen LogP contribution in [0, 0.1) is 0 Å². The molecule has 0 saturated carbocycles. The first-order valence-electron chi connectivity index (χ1n) is 10.0. The summed E-state index contributed by atoms with van der Waals surface area (Å²) in [5.74, 6) is 0. The Morgan fingerprint density at radius 3 is 2.41 bits per heavy atom. The number of hydrogen-bond donors (Lipinski definition) is 1. The van der Waals surface area contributed by atoms with Crippen molar-refractivity contribution in [2.45, 2.75) is 70.8 Å². The molecule has 0 aromatic heterocycles. The van der Waals surface area contributed by atoms with Gasteiger partial charge in [-0.15, -0.1) is 0 Å². The van der Waals surface area contributed by atoms with E-state index in [1.54, 1.807) is 0 Å². The van der Waals surface area contributed by atoms with E-state index in [4.69, 9.17) is 5.26 Å². The number of benzene rings is 2. The van der Waals surface area contributed by atoms with Crippen LogP contribution in [0.2, 0.25) is 0 Å². The molecule has 0 amide bonds. The lowest BCUT2D eigenvalue weighted by Crippen LogP contribution is -2.33.